The topological polar surface area (TPSA) is 86.7 Å². The quantitative estimate of drug-likeness (QED) is 0.431. The summed E-state index contributed by atoms with van der Waals surface area (Å²) in [5.41, 5.74) is 1.99. The van der Waals surface area contributed by atoms with Gasteiger partial charge in [0.25, 0.3) is 11.8 Å². The number of rotatable bonds is 7. The predicted octanol–water partition coefficient (Wildman–Crippen LogP) is 1.85. The number of aromatic nitrogens is 1. The average molecular weight is 385 g/mol. The van der Waals surface area contributed by atoms with Gasteiger partial charge in [-0.05, 0) is 26.0 Å². The first-order chi connectivity index (χ1) is 13.1. The fraction of sp³-hybridized carbons (Fsp3) is 0.368. The Balaban J connectivity index is 1.52. The van der Waals surface area contributed by atoms with Crippen molar-refractivity contribution in [1.29, 1.82) is 0 Å². The lowest BCUT2D eigenvalue weighted by molar-refractivity contribution is 0.0657. The molecule has 2 N–H and O–H groups in total. The van der Waals surface area contributed by atoms with Crippen LogP contribution < -0.4 is 10.6 Å². The smallest absolute Gasteiger partial charge is 0.261 e. The van der Waals surface area contributed by atoms with Gasteiger partial charge in [-0.1, -0.05) is 12.1 Å². The zero-order chi connectivity index (χ0) is 19.2. The average Bonchev–Trinajstić information content (AvgIpc) is 3.18. The molecule has 0 bridgehead atoms. The van der Waals surface area contributed by atoms with E-state index >= 15 is 0 Å². The molecule has 1 aromatic carbocycles. The van der Waals surface area contributed by atoms with Gasteiger partial charge in [0.2, 0.25) is 0 Å². The molecule has 0 fully saturated rings. The number of hydrogen-bond acceptors (Lipinski definition) is 5. The number of amides is 2. The van der Waals surface area contributed by atoms with Crippen LogP contribution >= 0.6 is 11.3 Å². The van der Waals surface area contributed by atoms with E-state index in [-0.39, 0.29) is 11.8 Å². The van der Waals surface area contributed by atoms with Crippen LogP contribution in [0.2, 0.25) is 0 Å². The van der Waals surface area contributed by atoms with Crippen LogP contribution in [0.25, 0.3) is 0 Å². The molecule has 2 aromatic rings. The zero-order valence-corrected chi connectivity index (χ0v) is 16.3. The summed E-state index contributed by atoms with van der Waals surface area (Å²) in [6, 6.07) is 6.92. The lowest BCUT2D eigenvalue weighted by atomic mass is 10.1. The monoisotopic (exact) mass is 385 g/mol. The fourth-order valence-electron chi connectivity index (χ4n) is 2.88. The van der Waals surface area contributed by atoms with Crippen LogP contribution in [0.3, 0.4) is 0 Å². The highest BCUT2D eigenvalue weighted by Gasteiger charge is 2.34. The van der Waals surface area contributed by atoms with Gasteiger partial charge >= 0.3 is 0 Å². The highest BCUT2D eigenvalue weighted by atomic mass is 32.1. The predicted molar refractivity (Wildman–Crippen MR) is 106 cm³/mol. The third-order valence-electron chi connectivity index (χ3n) is 4.15. The molecule has 0 radical (unpaired) electrons. The molecule has 142 valence electrons. The van der Waals surface area contributed by atoms with Crippen molar-refractivity contribution in [2.75, 3.05) is 26.2 Å². The highest BCUT2D eigenvalue weighted by molar-refractivity contribution is 7.09. The van der Waals surface area contributed by atoms with Crippen LogP contribution in [0.1, 0.15) is 38.3 Å². The summed E-state index contributed by atoms with van der Waals surface area (Å²) < 4.78 is 0. The van der Waals surface area contributed by atoms with Crippen LogP contribution in [0, 0.1) is 6.92 Å². The molecule has 0 spiro atoms. The van der Waals surface area contributed by atoms with Crippen molar-refractivity contribution < 1.29 is 9.59 Å². The van der Waals surface area contributed by atoms with Crippen molar-refractivity contribution >= 4 is 29.1 Å². The fourth-order valence-corrected chi connectivity index (χ4v) is 3.52. The van der Waals surface area contributed by atoms with E-state index in [2.05, 4.69) is 20.6 Å². The Morgan fingerprint density at radius 3 is 2.48 bits per heavy atom. The number of hydrogen-bond donors (Lipinski definition) is 2. The first-order valence-electron chi connectivity index (χ1n) is 8.98. The lowest BCUT2D eigenvalue weighted by Gasteiger charge is -2.16. The van der Waals surface area contributed by atoms with Gasteiger partial charge in [-0.3, -0.25) is 19.5 Å². The van der Waals surface area contributed by atoms with E-state index in [0.717, 1.165) is 23.7 Å². The van der Waals surface area contributed by atoms with Crippen molar-refractivity contribution in [1.82, 2.24) is 20.5 Å². The Bertz CT molecular complexity index is 826. The Morgan fingerprint density at radius 1 is 1.19 bits per heavy atom. The van der Waals surface area contributed by atoms with Crippen LogP contribution in [0.4, 0.5) is 0 Å². The molecule has 2 amide bonds. The summed E-state index contributed by atoms with van der Waals surface area (Å²) in [4.78, 5) is 35.0. The number of carbonyl (C=O) groups is 2. The molecule has 0 unspecified atom stereocenters. The van der Waals surface area contributed by atoms with Gasteiger partial charge in [0, 0.05) is 38.0 Å². The van der Waals surface area contributed by atoms with Crippen molar-refractivity contribution in [3.8, 4) is 0 Å². The molecule has 2 heterocycles. The molecule has 1 aromatic heterocycles. The molecule has 1 aliphatic rings. The van der Waals surface area contributed by atoms with Gasteiger partial charge in [-0.25, -0.2) is 4.98 Å². The van der Waals surface area contributed by atoms with E-state index < -0.39 is 0 Å². The van der Waals surface area contributed by atoms with Crippen LogP contribution in [0.15, 0.2) is 34.6 Å². The maximum absolute atomic E-state index is 12.4. The van der Waals surface area contributed by atoms with Gasteiger partial charge in [-0.2, -0.15) is 0 Å². The molecule has 0 saturated heterocycles. The number of guanidine groups is 1. The molecule has 0 atom stereocenters. The summed E-state index contributed by atoms with van der Waals surface area (Å²) >= 11 is 1.64. The van der Waals surface area contributed by atoms with Crippen molar-refractivity contribution in [3.05, 3.63) is 51.5 Å². The van der Waals surface area contributed by atoms with Gasteiger partial charge in [0.1, 0.15) is 0 Å². The third-order valence-corrected chi connectivity index (χ3v) is 4.98. The maximum atomic E-state index is 12.4. The second-order valence-electron chi connectivity index (χ2n) is 6.10. The minimum atomic E-state index is -0.238. The number of nitrogens with one attached hydrogen (secondary N) is 2. The Labute approximate surface area is 162 Å². The van der Waals surface area contributed by atoms with E-state index in [9.17, 15) is 9.59 Å². The molecule has 3 rings (SSSR count). The number of fused-ring (bicyclic) bond motifs is 1. The summed E-state index contributed by atoms with van der Waals surface area (Å²) in [7, 11) is 0. The number of aliphatic imine (C=N–C) groups is 1. The second kappa shape index (κ2) is 8.77. The minimum Gasteiger partial charge on any atom is -0.357 e. The Hall–Kier alpha value is -2.74. The number of aryl methyl sites for hydroxylation is 1. The van der Waals surface area contributed by atoms with E-state index in [1.807, 2.05) is 19.2 Å². The number of carbonyl (C=O) groups excluding carboxylic acids is 2. The van der Waals surface area contributed by atoms with Gasteiger partial charge in [0.05, 0.1) is 21.8 Å². The van der Waals surface area contributed by atoms with Crippen molar-refractivity contribution in [2.24, 2.45) is 4.99 Å². The van der Waals surface area contributed by atoms with Crippen molar-refractivity contribution in [2.45, 2.75) is 20.3 Å². The highest BCUT2D eigenvalue weighted by Crippen LogP contribution is 2.21. The molecule has 7 nitrogen and oxygen atoms in total. The summed E-state index contributed by atoms with van der Waals surface area (Å²) in [6.07, 6.45) is 0.777. The van der Waals surface area contributed by atoms with E-state index in [4.69, 9.17) is 0 Å². The summed E-state index contributed by atoms with van der Waals surface area (Å²) in [5.74, 6) is 0.192. The van der Waals surface area contributed by atoms with E-state index in [0.29, 0.717) is 36.7 Å². The van der Waals surface area contributed by atoms with Crippen LogP contribution in [-0.4, -0.2) is 53.8 Å². The van der Waals surface area contributed by atoms with Gasteiger partial charge < -0.3 is 10.6 Å². The molecular formula is C19H23N5O2S. The molecule has 1 aliphatic heterocycles. The number of nitrogens with zero attached hydrogens (tertiary/aromatic N) is 3. The molecule has 0 aliphatic carbocycles. The Kier molecular flexibility index (Phi) is 6.18. The van der Waals surface area contributed by atoms with Crippen LogP contribution in [0.5, 0.6) is 0 Å². The molecule has 0 saturated carbocycles. The number of imide groups is 1. The van der Waals surface area contributed by atoms with Gasteiger partial charge in [0.15, 0.2) is 5.96 Å². The summed E-state index contributed by atoms with van der Waals surface area (Å²) in [6.45, 7) is 6.06. The van der Waals surface area contributed by atoms with Crippen LogP contribution in [-0.2, 0) is 6.42 Å². The second-order valence-corrected chi connectivity index (χ2v) is 7.17. The number of thiazole rings is 1. The molecule has 27 heavy (non-hydrogen) atoms. The first kappa shape index (κ1) is 19.0. The third kappa shape index (κ3) is 4.51. The Morgan fingerprint density at radius 2 is 1.89 bits per heavy atom. The first-order valence-corrected chi connectivity index (χ1v) is 9.86. The molecule has 8 heteroatoms. The largest absolute Gasteiger partial charge is 0.357 e. The SMILES string of the molecule is CCNC(=NCCc1csc(C)n1)NCCN1C(=O)c2ccccc2C1=O. The lowest BCUT2D eigenvalue weighted by Crippen LogP contribution is -2.43. The van der Waals surface area contributed by atoms with E-state index in [1.54, 1.807) is 35.6 Å². The number of benzene rings is 1. The summed E-state index contributed by atoms with van der Waals surface area (Å²) in [5, 5.41) is 9.46. The van der Waals surface area contributed by atoms with Gasteiger partial charge in [-0.15, -0.1) is 11.3 Å². The van der Waals surface area contributed by atoms with E-state index in [1.165, 1.54) is 4.90 Å². The maximum Gasteiger partial charge on any atom is 0.261 e. The normalized spacial score (nSPS) is 13.9. The van der Waals surface area contributed by atoms with Crippen molar-refractivity contribution in [3.63, 3.8) is 0 Å². The minimum absolute atomic E-state index is 0.238. The molecular weight excluding hydrogens is 362 g/mol. The zero-order valence-electron chi connectivity index (χ0n) is 15.5. The standard InChI is InChI=1S/C19H23N5O2S/c1-3-20-19(21-9-8-14-12-27-13(2)23-14)22-10-11-24-17(25)15-6-4-5-7-16(15)18(24)26/h4-7,12H,3,8-11H2,1-2H3,(H2,20,21,22).